The molecule has 28 heavy (non-hydrogen) atoms. The molecule has 0 N–H and O–H groups in total. The quantitative estimate of drug-likeness (QED) is 0.365. The molecule has 1 amide bonds. The molecule has 4 aromatic rings. The third-order valence-electron chi connectivity index (χ3n) is 4.13. The Labute approximate surface area is 175 Å². The average molecular weight is 431 g/mol. The van der Waals surface area contributed by atoms with Crippen molar-refractivity contribution in [3.8, 4) is 0 Å². The van der Waals surface area contributed by atoms with Crippen LogP contribution in [0.2, 0.25) is 10.0 Å². The Hall–Kier alpha value is -2.47. The highest BCUT2D eigenvalue weighted by Gasteiger charge is 2.23. The van der Waals surface area contributed by atoms with E-state index < -0.39 is 5.82 Å². The molecule has 3 aromatic carbocycles. The Morgan fingerprint density at radius 2 is 1.71 bits per heavy atom. The maximum absolute atomic E-state index is 14.1. The van der Waals surface area contributed by atoms with Gasteiger partial charge in [0.1, 0.15) is 11.3 Å². The number of carbonyl (C=O) groups excluding carboxylic acids is 1. The summed E-state index contributed by atoms with van der Waals surface area (Å²) in [4.78, 5) is 19.2. The lowest BCUT2D eigenvalue weighted by Crippen LogP contribution is -2.30. The number of anilines is 1. The Bertz CT molecular complexity index is 1140. The molecule has 0 aliphatic heterocycles. The van der Waals surface area contributed by atoms with Gasteiger partial charge in [0.15, 0.2) is 5.13 Å². The van der Waals surface area contributed by atoms with Crippen molar-refractivity contribution in [3.05, 3.63) is 93.7 Å². The van der Waals surface area contributed by atoms with Gasteiger partial charge in [-0.15, -0.1) is 0 Å². The lowest BCUT2D eigenvalue weighted by atomic mass is 10.1. The topological polar surface area (TPSA) is 33.2 Å². The van der Waals surface area contributed by atoms with E-state index in [-0.39, 0.29) is 18.0 Å². The van der Waals surface area contributed by atoms with Crippen LogP contribution in [0.15, 0.2) is 66.7 Å². The van der Waals surface area contributed by atoms with Gasteiger partial charge in [-0.05, 0) is 35.9 Å². The summed E-state index contributed by atoms with van der Waals surface area (Å²) in [6.07, 6.45) is 0. The normalized spacial score (nSPS) is 11.0. The van der Waals surface area contributed by atoms with Gasteiger partial charge in [0, 0.05) is 15.6 Å². The third kappa shape index (κ3) is 3.87. The summed E-state index contributed by atoms with van der Waals surface area (Å²) in [5, 5.41) is 1.14. The fourth-order valence-corrected chi connectivity index (χ4v) is 4.35. The van der Waals surface area contributed by atoms with Gasteiger partial charge < -0.3 is 0 Å². The van der Waals surface area contributed by atoms with Gasteiger partial charge in [-0.1, -0.05) is 70.9 Å². The van der Waals surface area contributed by atoms with Gasteiger partial charge in [0.05, 0.1) is 11.2 Å². The van der Waals surface area contributed by atoms with Gasteiger partial charge in [0.2, 0.25) is 0 Å². The standard InChI is InChI=1S/C21H13Cl2FN2OS/c22-15-9-14(10-16(23)11-15)20(27)26(12-13-5-2-1-3-6-13)21-25-19-17(24)7-4-8-18(19)28-21/h1-11H,12H2. The van der Waals surface area contributed by atoms with Crippen molar-refractivity contribution < 1.29 is 9.18 Å². The minimum atomic E-state index is -0.419. The van der Waals surface area contributed by atoms with Crippen molar-refractivity contribution in [2.24, 2.45) is 0 Å². The highest BCUT2D eigenvalue weighted by atomic mass is 35.5. The second-order valence-corrected chi connectivity index (χ2v) is 8.00. The van der Waals surface area contributed by atoms with Crippen LogP contribution in [0, 0.1) is 5.82 Å². The SMILES string of the molecule is O=C(c1cc(Cl)cc(Cl)c1)N(Cc1ccccc1)c1nc2c(F)cccc2s1. The predicted molar refractivity (Wildman–Crippen MR) is 113 cm³/mol. The molecule has 4 rings (SSSR count). The van der Waals surface area contributed by atoms with Crippen LogP contribution in [0.3, 0.4) is 0 Å². The molecule has 0 radical (unpaired) electrons. The van der Waals surface area contributed by atoms with E-state index in [9.17, 15) is 9.18 Å². The van der Waals surface area contributed by atoms with Crippen LogP contribution >= 0.6 is 34.5 Å². The molecule has 1 heterocycles. The maximum atomic E-state index is 14.1. The number of hydrogen-bond acceptors (Lipinski definition) is 3. The van der Waals surface area contributed by atoms with E-state index in [2.05, 4.69) is 4.98 Å². The van der Waals surface area contributed by atoms with Crippen molar-refractivity contribution in [1.82, 2.24) is 4.98 Å². The van der Waals surface area contributed by atoms with Gasteiger partial charge >= 0.3 is 0 Å². The van der Waals surface area contributed by atoms with Crippen LogP contribution in [-0.4, -0.2) is 10.9 Å². The number of hydrogen-bond donors (Lipinski definition) is 0. The number of rotatable bonds is 4. The van der Waals surface area contributed by atoms with E-state index >= 15 is 0 Å². The molecule has 0 aliphatic carbocycles. The second-order valence-electron chi connectivity index (χ2n) is 6.12. The summed E-state index contributed by atoms with van der Waals surface area (Å²) < 4.78 is 14.8. The fourth-order valence-electron chi connectivity index (χ4n) is 2.84. The van der Waals surface area contributed by atoms with E-state index in [1.165, 1.54) is 22.3 Å². The number of fused-ring (bicyclic) bond motifs is 1. The molecule has 0 atom stereocenters. The van der Waals surface area contributed by atoms with Gasteiger partial charge in [0.25, 0.3) is 5.91 Å². The van der Waals surface area contributed by atoms with E-state index in [1.54, 1.807) is 30.3 Å². The third-order valence-corrected chi connectivity index (χ3v) is 5.61. The first-order valence-corrected chi connectivity index (χ1v) is 9.95. The molecule has 140 valence electrons. The Morgan fingerprint density at radius 3 is 2.39 bits per heavy atom. The summed E-state index contributed by atoms with van der Waals surface area (Å²) in [7, 11) is 0. The highest BCUT2D eigenvalue weighted by molar-refractivity contribution is 7.22. The van der Waals surface area contributed by atoms with Crippen molar-refractivity contribution >= 4 is 55.8 Å². The maximum Gasteiger partial charge on any atom is 0.260 e. The summed E-state index contributed by atoms with van der Waals surface area (Å²) in [5.74, 6) is -0.731. The zero-order chi connectivity index (χ0) is 19.7. The molecule has 0 aliphatic rings. The number of aromatic nitrogens is 1. The number of carbonyl (C=O) groups is 1. The zero-order valence-electron chi connectivity index (χ0n) is 14.4. The van der Waals surface area contributed by atoms with Crippen molar-refractivity contribution in [1.29, 1.82) is 0 Å². The Balaban J connectivity index is 1.80. The van der Waals surface area contributed by atoms with Crippen molar-refractivity contribution in [3.63, 3.8) is 0 Å². The monoisotopic (exact) mass is 430 g/mol. The van der Waals surface area contributed by atoms with E-state index in [1.807, 2.05) is 30.3 Å². The molecule has 0 spiro atoms. The summed E-state index contributed by atoms with van der Waals surface area (Å²) in [6.45, 7) is 0.283. The predicted octanol–water partition coefficient (Wildman–Crippen LogP) is 6.59. The van der Waals surface area contributed by atoms with Crippen LogP contribution < -0.4 is 4.90 Å². The number of amides is 1. The molecular formula is C21H13Cl2FN2OS. The minimum Gasteiger partial charge on any atom is -0.279 e. The lowest BCUT2D eigenvalue weighted by molar-refractivity contribution is 0.0985. The number of benzene rings is 3. The molecule has 0 saturated carbocycles. The molecular weight excluding hydrogens is 418 g/mol. The van der Waals surface area contributed by atoms with Crippen LogP contribution in [0.1, 0.15) is 15.9 Å². The first kappa shape index (κ1) is 18.9. The molecule has 1 aromatic heterocycles. The van der Waals surface area contributed by atoms with Crippen LogP contribution in [0.25, 0.3) is 10.2 Å². The first-order valence-electron chi connectivity index (χ1n) is 8.38. The summed E-state index contributed by atoms with van der Waals surface area (Å²) in [5.41, 5.74) is 1.51. The largest absolute Gasteiger partial charge is 0.279 e. The van der Waals surface area contributed by atoms with Gasteiger partial charge in [-0.25, -0.2) is 9.37 Å². The smallest absolute Gasteiger partial charge is 0.260 e. The molecule has 3 nitrogen and oxygen atoms in total. The molecule has 7 heteroatoms. The fraction of sp³-hybridized carbons (Fsp3) is 0.0476. The van der Waals surface area contributed by atoms with Crippen LogP contribution in [0.4, 0.5) is 9.52 Å². The minimum absolute atomic E-state index is 0.248. The van der Waals surface area contributed by atoms with E-state index in [0.717, 1.165) is 5.56 Å². The highest BCUT2D eigenvalue weighted by Crippen LogP contribution is 2.32. The van der Waals surface area contributed by atoms with E-state index in [4.69, 9.17) is 23.2 Å². The van der Waals surface area contributed by atoms with E-state index in [0.29, 0.717) is 25.4 Å². The summed E-state index contributed by atoms with van der Waals surface area (Å²) in [6, 6.07) is 19.0. The average Bonchev–Trinajstić information content (AvgIpc) is 3.11. The Morgan fingerprint density at radius 1 is 1.00 bits per heavy atom. The molecule has 0 saturated heterocycles. The number of para-hydroxylation sites is 1. The number of halogens is 3. The second kappa shape index (κ2) is 7.87. The summed E-state index contributed by atoms with van der Waals surface area (Å²) >= 11 is 13.4. The van der Waals surface area contributed by atoms with Crippen LogP contribution in [-0.2, 0) is 6.54 Å². The number of thiazole rings is 1. The van der Waals surface area contributed by atoms with Crippen molar-refractivity contribution in [2.75, 3.05) is 4.90 Å². The van der Waals surface area contributed by atoms with Crippen LogP contribution in [0.5, 0.6) is 0 Å². The number of nitrogens with zero attached hydrogens (tertiary/aromatic N) is 2. The van der Waals surface area contributed by atoms with Gasteiger partial charge in [-0.2, -0.15) is 0 Å². The van der Waals surface area contributed by atoms with Crippen molar-refractivity contribution in [2.45, 2.75) is 6.54 Å². The first-order chi connectivity index (χ1) is 13.5. The molecule has 0 unspecified atom stereocenters. The molecule has 0 fully saturated rings. The zero-order valence-corrected chi connectivity index (χ0v) is 16.7. The lowest BCUT2D eigenvalue weighted by Gasteiger charge is -2.20. The Kier molecular flexibility index (Phi) is 5.31. The molecule has 0 bridgehead atoms. The van der Waals surface area contributed by atoms with Gasteiger partial charge in [-0.3, -0.25) is 9.69 Å².